The Morgan fingerprint density at radius 1 is 1.15 bits per heavy atom. The first-order valence-corrected chi connectivity index (χ1v) is 17.7. The van der Waals surface area contributed by atoms with Crippen molar-refractivity contribution < 1.29 is 22.3 Å². The molecule has 3 fully saturated rings. The summed E-state index contributed by atoms with van der Waals surface area (Å²) in [5, 5.41) is 5.00. The van der Waals surface area contributed by atoms with Crippen molar-refractivity contribution in [1.29, 1.82) is 0 Å². The highest BCUT2D eigenvalue weighted by atomic mass is 32.2. The van der Waals surface area contributed by atoms with Gasteiger partial charge in [0.25, 0.3) is 0 Å². The Morgan fingerprint density at radius 3 is 2.67 bits per heavy atom. The van der Waals surface area contributed by atoms with Crippen LogP contribution in [0.4, 0.5) is 27.7 Å². The van der Waals surface area contributed by atoms with Crippen molar-refractivity contribution in [3.8, 4) is 0 Å². The molecule has 0 saturated carbocycles. The molecule has 3 aromatic rings. The second-order valence-electron chi connectivity index (χ2n) is 12.7. The molecule has 6 atom stereocenters. The third-order valence-electron chi connectivity index (χ3n) is 9.58. The summed E-state index contributed by atoms with van der Waals surface area (Å²) in [4.78, 5) is 37.3. The monoisotopic (exact) mass is 652 g/mol. The Balaban J connectivity index is 1.34. The average molecular weight is 653 g/mol. The van der Waals surface area contributed by atoms with Crippen molar-refractivity contribution >= 4 is 49.8 Å². The van der Waals surface area contributed by atoms with Crippen molar-refractivity contribution in [2.24, 2.45) is 5.92 Å². The van der Waals surface area contributed by atoms with Crippen molar-refractivity contribution in [2.45, 2.75) is 63.5 Å². The molecule has 12 nitrogen and oxygen atoms in total. The highest BCUT2D eigenvalue weighted by Gasteiger charge is 2.39. The first-order valence-electron chi connectivity index (χ1n) is 15.7. The zero-order valence-corrected chi connectivity index (χ0v) is 27.5. The number of piperidine rings is 1. The Bertz CT molecular complexity index is 1740. The van der Waals surface area contributed by atoms with Crippen LogP contribution in [0.3, 0.4) is 0 Å². The summed E-state index contributed by atoms with van der Waals surface area (Å²) in [5.74, 6) is 1.47. The minimum atomic E-state index is -3.10. The lowest BCUT2D eigenvalue weighted by Gasteiger charge is -2.48. The molecule has 1 unspecified atom stereocenters. The molecule has 1 amide bonds. The van der Waals surface area contributed by atoms with Crippen LogP contribution in [0, 0.1) is 5.92 Å². The van der Waals surface area contributed by atoms with Gasteiger partial charge in [-0.2, -0.15) is 4.98 Å². The minimum Gasteiger partial charge on any atom is -0.378 e. The predicted octanol–water partition coefficient (Wildman–Crippen LogP) is 3.83. The largest absolute Gasteiger partial charge is 0.378 e. The number of anilines is 4. The number of hydrogen-bond acceptors (Lipinski definition) is 11. The summed E-state index contributed by atoms with van der Waals surface area (Å²) in [6, 6.07) is 3.43. The van der Waals surface area contributed by atoms with Gasteiger partial charge in [0.05, 0.1) is 42.0 Å². The van der Waals surface area contributed by atoms with Gasteiger partial charge in [-0.25, -0.2) is 22.8 Å². The maximum atomic E-state index is 14.7. The van der Waals surface area contributed by atoms with Gasteiger partial charge in [-0.3, -0.25) is 9.78 Å². The topological polar surface area (TPSA) is 134 Å². The molecule has 0 spiro atoms. The first-order chi connectivity index (χ1) is 22.0. The molecule has 1 N–H and O–H groups in total. The van der Waals surface area contributed by atoms with Crippen LogP contribution >= 0.6 is 0 Å². The van der Waals surface area contributed by atoms with Gasteiger partial charge in [0, 0.05) is 67.6 Å². The van der Waals surface area contributed by atoms with Gasteiger partial charge in [-0.05, 0) is 51.3 Å². The molecule has 3 aliphatic heterocycles. The van der Waals surface area contributed by atoms with Gasteiger partial charge in [0.1, 0.15) is 27.6 Å². The van der Waals surface area contributed by atoms with Gasteiger partial charge in [0.2, 0.25) is 11.9 Å². The molecule has 0 aliphatic carbocycles. The fraction of sp³-hybridized carbons (Fsp3) is 0.531. The summed E-state index contributed by atoms with van der Waals surface area (Å²) in [6.07, 6.45) is 8.39. The molecule has 0 bridgehead atoms. The van der Waals surface area contributed by atoms with Gasteiger partial charge < -0.3 is 24.8 Å². The van der Waals surface area contributed by atoms with Crippen LogP contribution < -0.4 is 15.1 Å². The van der Waals surface area contributed by atoms with E-state index in [0.717, 1.165) is 35.0 Å². The van der Waals surface area contributed by atoms with E-state index in [4.69, 9.17) is 14.7 Å². The number of fused-ring (bicyclic) bond motifs is 1. The van der Waals surface area contributed by atoms with Gasteiger partial charge >= 0.3 is 0 Å². The van der Waals surface area contributed by atoms with Gasteiger partial charge in [0.15, 0.2) is 0 Å². The lowest BCUT2D eigenvalue weighted by atomic mass is 9.90. The van der Waals surface area contributed by atoms with Gasteiger partial charge in [-0.1, -0.05) is 6.58 Å². The number of ether oxygens (including phenoxy) is 1. The van der Waals surface area contributed by atoms with E-state index in [1.165, 1.54) is 19.4 Å². The lowest BCUT2D eigenvalue weighted by molar-refractivity contribution is -0.126. The van der Waals surface area contributed by atoms with Crippen molar-refractivity contribution in [3.05, 3.63) is 49.1 Å². The van der Waals surface area contributed by atoms with Crippen LogP contribution in [-0.4, -0.2) is 102 Å². The molecule has 3 aromatic heterocycles. The number of carbonyl (C=O) groups excluding carboxylic acids is 1. The summed E-state index contributed by atoms with van der Waals surface area (Å²) < 4.78 is 44.0. The fourth-order valence-corrected chi connectivity index (χ4v) is 8.19. The van der Waals surface area contributed by atoms with Crippen LogP contribution in [0.2, 0.25) is 0 Å². The summed E-state index contributed by atoms with van der Waals surface area (Å²) in [7, 11) is -1.57. The number of nitrogens with one attached hydrogen (secondary N) is 1. The van der Waals surface area contributed by atoms with E-state index < -0.39 is 22.1 Å². The van der Waals surface area contributed by atoms with E-state index >= 15 is 0 Å². The Hall–Kier alpha value is -3.91. The molecule has 14 heteroatoms. The van der Waals surface area contributed by atoms with Crippen LogP contribution in [0.25, 0.3) is 10.8 Å². The number of rotatable bonds is 9. The Kier molecular flexibility index (Phi) is 8.85. The molecular weight excluding hydrogens is 611 g/mol. The zero-order valence-electron chi connectivity index (χ0n) is 26.6. The molecule has 0 radical (unpaired) electrons. The molecule has 46 heavy (non-hydrogen) atoms. The first kappa shape index (κ1) is 32.0. The number of amides is 1. The highest BCUT2D eigenvalue weighted by Crippen LogP contribution is 2.41. The number of methoxy groups -OCH3 is 1. The number of sulfone groups is 1. The highest BCUT2D eigenvalue weighted by molar-refractivity contribution is 7.90. The summed E-state index contributed by atoms with van der Waals surface area (Å²) >= 11 is 0. The standard InChI is InChI=1S/C32H41FN8O4S/c1-6-30(42)39-11-7-8-25(39)31-22-13-29(35-14-23(22)26(15-36-31)41-16-21(20(41)3)18-46(5,43)44)37-28-9-10-34-32(38-28)40-17-24(33)27(45-4)12-19(40)2/h6,9-10,13-15,19-21,24-25,27H,1,7-8,11-12,16-18H2,2-5H3,(H,34,35,37,38)/t19-,20+,21+,24-,25?,27+/m0/s1. The third-order valence-corrected chi connectivity index (χ3v) is 10.6. The van der Waals surface area contributed by atoms with E-state index in [-0.39, 0.29) is 42.2 Å². The normalized spacial score (nSPS) is 26.7. The quantitative estimate of drug-likeness (QED) is 0.338. The number of alkyl halides is 1. The number of pyridine rings is 2. The number of nitrogens with zero attached hydrogens (tertiary/aromatic N) is 7. The van der Waals surface area contributed by atoms with Crippen LogP contribution in [-0.2, 0) is 19.4 Å². The van der Waals surface area contributed by atoms with Crippen molar-refractivity contribution in [3.63, 3.8) is 0 Å². The smallest absolute Gasteiger partial charge is 0.246 e. The summed E-state index contributed by atoms with van der Waals surface area (Å²) in [6.45, 7) is 9.07. The van der Waals surface area contributed by atoms with Crippen molar-refractivity contribution in [1.82, 2.24) is 24.8 Å². The molecule has 3 saturated heterocycles. The number of hydrogen-bond donors (Lipinski definition) is 1. The minimum absolute atomic E-state index is 0.00777. The maximum Gasteiger partial charge on any atom is 0.246 e. The third kappa shape index (κ3) is 6.24. The van der Waals surface area contributed by atoms with Crippen molar-refractivity contribution in [2.75, 3.05) is 53.9 Å². The van der Waals surface area contributed by atoms with E-state index in [2.05, 4.69) is 26.8 Å². The van der Waals surface area contributed by atoms with E-state index in [1.54, 1.807) is 23.4 Å². The fourth-order valence-electron chi connectivity index (χ4n) is 7.03. The zero-order chi connectivity index (χ0) is 32.7. The number of aromatic nitrogens is 4. The number of carbonyl (C=O) groups is 1. The van der Waals surface area contributed by atoms with Gasteiger partial charge in [-0.15, -0.1) is 0 Å². The molecule has 246 valence electrons. The Morgan fingerprint density at radius 2 is 1.96 bits per heavy atom. The molecule has 6 rings (SSSR count). The lowest BCUT2D eigenvalue weighted by Crippen LogP contribution is -2.57. The van der Waals surface area contributed by atoms with Crippen LogP contribution in [0.5, 0.6) is 0 Å². The van der Waals surface area contributed by atoms with E-state index in [0.29, 0.717) is 37.1 Å². The van der Waals surface area contributed by atoms with Crippen LogP contribution in [0.1, 0.15) is 44.8 Å². The van der Waals surface area contributed by atoms with E-state index in [9.17, 15) is 17.6 Å². The number of likely N-dealkylation sites (tertiary alicyclic amines) is 1. The number of halogens is 1. The summed E-state index contributed by atoms with van der Waals surface area (Å²) in [5.41, 5.74) is 1.64. The Labute approximate surface area is 269 Å². The molecular formula is C32H41FN8O4S. The predicted molar refractivity (Wildman–Crippen MR) is 176 cm³/mol. The van der Waals surface area contributed by atoms with Crippen LogP contribution in [0.15, 0.2) is 43.4 Å². The average Bonchev–Trinajstić information content (AvgIpc) is 3.52. The molecule has 3 aliphatic rings. The molecule has 0 aromatic carbocycles. The maximum absolute atomic E-state index is 14.7. The SMILES string of the molecule is C=CC(=O)N1CCCC1c1ncc(N2C[C@H](CS(C)(=O)=O)[C@H]2C)c2cnc(Nc3ccnc(N4C[C@H](F)[C@H](OC)C[C@@H]4C)n3)cc12. The molecule has 6 heterocycles. The van der Waals surface area contributed by atoms with E-state index in [1.807, 2.05) is 31.0 Å². The second-order valence-corrected chi connectivity index (χ2v) is 14.9. The second kappa shape index (κ2) is 12.7.